The summed E-state index contributed by atoms with van der Waals surface area (Å²) in [4.78, 5) is 30.2. The molecule has 1 aliphatic rings. The van der Waals surface area contributed by atoms with E-state index in [-0.39, 0.29) is 11.5 Å². The van der Waals surface area contributed by atoms with Gasteiger partial charge >= 0.3 is 12.1 Å². The molecular formula is C33H29ClF3N3O3. The van der Waals surface area contributed by atoms with E-state index in [0.29, 0.717) is 48.0 Å². The molecule has 0 aromatic heterocycles. The maximum absolute atomic E-state index is 13.3. The molecule has 1 atom stereocenters. The van der Waals surface area contributed by atoms with Gasteiger partial charge in [-0.1, -0.05) is 60.1 Å². The van der Waals surface area contributed by atoms with E-state index in [0.717, 1.165) is 23.4 Å². The van der Waals surface area contributed by atoms with Crippen LogP contribution < -0.4 is 10.2 Å². The number of anilines is 2. The normalized spacial score (nSPS) is 14.7. The van der Waals surface area contributed by atoms with E-state index < -0.39 is 23.7 Å². The Balaban J connectivity index is 1.25. The molecule has 43 heavy (non-hydrogen) atoms. The predicted octanol–water partition coefficient (Wildman–Crippen LogP) is 7.31. The molecule has 5 rings (SSSR count). The second kappa shape index (κ2) is 12.9. The molecule has 0 saturated carbocycles. The minimum absolute atomic E-state index is 0.242. The third-order valence-electron chi connectivity index (χ3n) is 7.46. The van der Waals surface area contributed by atoms with E-state index in [2.05, 4.69) is 15.1 Å². The topological polar surface area (TPSA) is 61.9 Å². The summed E-state index contributed by atoms with van der Waals surface area (Å²) in [5.41, 5.74) is 2.82. The fourth-order valence-electron chi connectivity index (χ4n) is 5.23. The number of methoxy groups -OCH3 is 1. The quantitative estimate of drug-likeness (QED) is 0.223. The maximum atomic E-state index is 13.3. The van der Waals surface area contributed by atoms with E-state index in [1.54, 1.807) is 24.3 Å². The summed E-state index contributed by atoms with van der Waals surface area (Å²) in [6.45, 7) is 2.72. The Bertz CT molecular complexity index is 1570. The van der Waals surface area contributed by atoms with Gasteiger partial charge in [0.2, 0.25) is 0 Å². The fraction of sp³-hybridized carbons (Fsp3) is 0.212. The Kier molecular flexibility index (Phi) is 9.03. The number of esters is 1. The lowest BCUT2D eigenvalue weighted by Gasteiger charge is -2.39. The second-order valence-corrected chi connectivity index (χ2v) is 10.6. The monoisotopic (exact) mass is 607 g/mol. The van der Waals surface area contributed by atoms with Crippen molar-refractivity contribution in [2.45, 2.75) is 12.2 Å². The van der Waals surface area contributed by atoms with Crippen LogP contribution >= 0.6 is 11.6 Å². The molecule has 1 heterocycles. The van der Waals surface area contributed by atoms with E-state index in [4.69, 9.17) is 16.3 Å². The molecule has 222 valence electrons. The minimum Gasteiger partial charge on any atom is -0.468 e. The highest BCUT2D eigenvalue weighted by atomic mass is 35.5. The van der Waals surface area contributed by atoms with Crippen molar-refractivity contribution >= 4 is 34.9 Å². The highest BCUT2D eigenvalue weighted by molar-refractivity contribution is 6.31. The first-order valence-electron chi connectivity index (χ1n) is 13.6. The number of ether oxygens (including phenoxy) is 1. The Morgan fingerprint density at radius 1 is 0.860 bits per heavy atom. The molecule has 6 nitrogen and oxygen atoms in total. The van der Waals surface area contributed by atoms with Crippen LogP contribution in [0.1, 0.15) is 27.5 Å². The number of hydrogen-bond donors (Lipinski definition) is 1. The Labute approximate surface area is 252 Å². The summed E-state index contributed by atoms with van der Waals surface area (Å²) in [6.07, 6.45) is -4.45. The number of nitrogens with zero attached hydrogens (tertiary/aromatic N) is 2. The van der Waals surface area contributed by atoms with Crippen LogP contribution in [-0.4, -0.2) is 50.1 Å². The predicted molar refractivity (Wildman–Crippen MR) is 161 cm³/mol. The molecule has 1 N–H and O–H groups in total. The second-order valence-electron chi connectivity index (χ2n) is 10.1. The molecule has 0 radical (unpaired) electrons. The van der Waals surface area contributed by atoms with E-state index in [1.165, 1.54) is 25.3 Å². The van der Waals surface area contributed by atoms with Crippen LogP contribution in [0, 0.1) is 0 Å². The number of nitrogens with one attached hydrogen (secondary N) is 1. The number of hydrogen-bond acceptors (Lipinski definition) is 5. The van der Waals surface area contributed by atoms with Crippen molar-refractivity contribution in [1.29, 1.82) is 0 Å². The van der Waals surface area contributed by atoms with Crippen LogP contribution in [0.4, 0.5) is 24.5 Å². The first kappa shape index (κ1) is 30.1. The average Bonchev–Trinajstić information content (AvgIpc) is 3.02. The van der Waals surface area contributed by atoms with Gasteiger partial charge in [-0.05, 0) is 65.2 Å². The number of rotatable bonds is 7. The highest BCUT2D eigenvalue weighted by Crippen LogP contribution is 2.33. The summed E-state index contributed by atoms with van der Waals surface area (Å²) in [5.74, 6) is -0.727. The van der Waals surface area contributed by atoms with Gasteiger partial charge < -0.3 is 15.0 Å². The van der Waals surface area contributed by atoms with Gasteiger partial charge in [0, 0.05) is 48.1 Å². The molecule has 4 aromatic carbocycles. The molecular weight excluding hydrogens is 579 g/mol. The van der Waals surface area contributed by atoms with Crippen molar-refractivity contribution in [3.05, 3.63) is 119 Å². The standard InChI is InChI=1S/C33H29ClF3N3O3/c1-43-32(42)30(23-5-3-2-4-6-23)40-19-17-39(18-20-40)27-14-12-26(13-15-27)38-31(41)29-21-25(34)11-16-28(29)22-7-9-24(10-8-22)33(35,36)37/h2-16,21,30H,17-20H2,1H3,(H,38,41). The van der Waals surface area contributed by atoms with Crippen molar-refractivity contribution in [2.24, 2.45) is 0 Å². The van der Waals surface area contributed by atoms with Gasteiger partial charge in [0.05, 0.1) is 12.7 Å². The van der Waals surface area contributed by atoms with Crippen LogP contribution in [0.2, 0.25) is 5.02 Å². The van der Waals surface area contributed by atoms with Gasteiger partial charge in [-0.15, -0.1) is 0 Å². The molecule has 10 heteroatoms. The van der Waals surface area contributed by atoms with Gasteiger partial charge in [-0.3, -0.25) is 9.69 Å². The number of carbonyl (C=O) groups is 2. The third-order valence-corrected chi connectivity index (χ3v) is 7.69. The summed E-state index contributed by atoms with van der Waals surface area (Å²) in [5, 5.41) is 3.20. The van der Waals surface area contributed by atoms with Crippen molar-refractivity contribution in [3.8, 4) is 11.1 Å². The molecule has 1 unspecified atom stereocenters. The number of benzene rings is 4. The highest BCUT2D eigenvalue weighted by Gasteiger charge is 2.32. The number of halogens is 4. The van der Waals surface area contributed by atoms with Gasteiger partial charge in [0.15, 0.2) is 0 Å². The van der Waals surface area contributed by atoms with Gasteiger partial charge in [-0.25, -0.2) is 4.79 Å². The van der Waals surface area contributed by atoms with Gasteiger partial charge in [-0.2, -0.15) is 13.2 Å². The lowest BCUT2D eigenvalue weighted by Crippen LogP contribution is -2.49. The third kappa shape index (κ3) is 7.01. The average molecular weight is 608 g/mol. The Hall–Kier alpha value is -4.34. The van der Waals surface area contributed by atoms with Crippen molar-refractivity contribution in [3.63, 3.8) is 0 Å². The number of piperazine rings is 1. The van der Waals surface area contributed by atoms with Crippen LogP contribution in [-0.2, 0) is 15.7 Å². The van der Waals surface area contributed by atoms with Crippen molar-refractivity contribution < 1.29 is 27.5 Å². The number of amides is 1. The first-order chi connectivity index (χ1) is 20.6. The molecule has 4 aromatic rings. The van der Waals surface area contributed by atoms with Gasteiger partial charge in [0.1, 0.15) is 6.04 Å². The fourth-order valence-corrected chi connectivity index (χ4v) is 5.40. The summed E-state index contributed by atoms with van der Waals surface area (Å²) >= 11 is 6.17. The Morgan fingerprint density at radius 3 is 2.12 bits per heavy atom. The molecule has 1 aliphatic heterocycles. The molecule has 0 aliphatic carbocycles. The number of alkyl halides is 3. The van der Waals surface area contributed by atoms with Crippen LogP contribution in [0.15, 0.2) is 97.1 Å². The lowest BCUT2D eigenvalue weighted by molar-refractivity contribution is -0.147. The zero-order valence-corrected chi connectivity index (χ0v) is 24.0. The summed E-state index contributed by atoms with van der Waals surface area (Å²) in [6, 6.07) is 25.9. The molecule has 1 fully saturated rings. The van der Waals surface area contributed by atoms with Crippen molar-refractivity contribution in [1.82, 2.24) is 4.90 Å². The molecule has 0 bridgehead atoms. The molecule has 1 amide bonds. The summed E-state index contributed by atoms with van der Waals surface area (Å²) in [7, 11) is 1.40. The van der Waals surface area contributed by atoms with E-state index in [1.807, 2.05) is 42.5 Å². The van der Waals surface area contributed by atoms with E-state index >= 15 is 0 Å². The zero-order valence-electron chi connectivity index (χ0n) is 23.3. The van der Waals surface area contributed by atoms with Crippen LogP contribution in [0.3, 0.4) is 0 Å². The first-order valence-corrected chi connectivity index (χ1v) is 14.0. The van der Waals surface area contributed by atoms with Gasteiger partial charge in [0.25, 0.3) is 5.91 Å². The lowest BCUT2D eigenvalue weighted by atomic mass is 9.98. The largest absolute Gasteiger partial charge is 0.468 e. The number of carbonyl (C=O) groups excluding carboxylic acids is 2. The smallest absolute Gasteiger partial charge is 0.416 e. The van der Waals surface area contributed by atoms with Crippen molar-refractivity contribution in [2.75, 3.05) is 43.5 Å². The van der Waals surface area contributed by atoms with E-state index in [9.17, 15) is 22.8 Å². The van der Waals surface area contributed by atoms with Crippen LogP contribution in [0.25, 0.3) is 11.1 Å². The minimum atomic E-state index is -4.45. The molecule has 1 saturated heterocycles. The van der Waals surface area contributed by atoms with Crippen LogP contribution in [0.5, 0.6) is 0 Å². The molecule has 0 spiro atoms. The Morgan fingerprint density at radius 2 is 1.51 bits per heavy atom. The zero-order chi connectivity index (χ0) is 30.6. The summed E-state index contributed by atoms with van der Waals surface area (Å²) < 4.78 is 44.2. The SMILES string of the molecule is COC(=O)C(c1ccccc1)N1CCN(c2ccc(NC(=O)c3cc(Cl)ccc3-c3ccc(C(F)(F)F)cc3)cc2)CC1. The maximum Gasteiger partial charge on any atom is 0.416 e.